The van der Waals surface area contributed by atoms with Gasteiger partial charge in [-0.1, -0.05) is 58.1 Å². The Morgan fingerprint density at radius 1 is 0.957 bits per heavy atom. The van der Waals surface area contributed by atoms with Gasteiger partial charge >= 0.3 is 0 Å². The molecule has 0 aliphatic carbocycles. The second-order valence-electron chi connectivity index (χ2n) is 5.92. The molecular formula is C19H30N2OS. The van der Waals surface area contributed by atoms with E-state index in [-0.39, 0.29) is 5.91 Å². The average Bonchev–Trinajstić information content (AvgIpc) is 2.55. The van der Waals surface area contributed by atoms with E-state index >= 15 is 0 Å². The largest absolute Gasteiger partial charge is 0.362 e. The fourth-order valence-corrected chi connectivity index (χ4v) is 2.57. The number of hydrogen-bond donors (Lipinski definition) is 2. The summed E-state index contributed by atoms with van der Waals surface area (Å²) in [6.07, 6.45) is 9.49. The van der Waals surface area contributed by atoms with Crippen molar-refractivity contribution in [3.8, 4) is 0 Å². The van der Waals surface area contributed by atoms with Crippen molar-refractivity contribution >= 4 is 23.2 Å². The second kappa shape index (κ2) is 12.1. The van der Waals surface area contributed by atoms with Crippen molar-refractivity contribution in [2.24, 2.45) is 0 Å². The van der Waals surface area contributed by atoms with Gasteiger partial charge < -0.3 is 5.32 Å². The summed E-state index contributed by atoms with van der Waals surface area (Å²) in [5.74, 6) is -0.142. The Kier molecular flexibility index (Phi) is 10.3. The lowest BCUT2D eigenvalue weighted by atomic mass is 10.1. The molecule has 0 radical (unpaired) electrons. The number of benzene rings is 1. The molecule has 2 N–H and O–H groups in total. The number of carbonyl (C=O) groups excluding carboxylic acids is 1. The van der Waals surface area contributed by atoms with Gasteiger partial charge in [0.2, 0.25) is 0 Å². The molecule has 3 nitrogen and oxygen atoms in total. The predicted molar refractivity (Wildman–Crippen MR) is 102 cm³/mol. The minimum absolute atomic E-state index is 0.142. The Morgan fingerprint density at radius 3 is 2.26 bits per heavy atom. The molecule has 1 rings (SSSR count). The fourth-order valence-electron chi connectivity index (χ4n) is 2.38. The maximum absolute atomic E-state index is 12.1. The minimum Gasteiger partial charge on any atom is -0.362 e. The van der Waals surface area contributed by atoms with E-state index in [1.807, 2.05) is 24.3 Å². The van der Waals surface area contributed by atoms with Crippen LogP contribution < -0.4 is 10.6 Å². The SMILES string of the molecule is CCCCCCNC(=S)NC(=O)c1ccc(CCCCC)cc1. The van der Waals surface area contributed by atoms with Gasteiger partial charge in [-0.3, -0.25) is 10.1 Å². The van der Waals surface area contributed by atoms with Crippen molar-refractivity contribution in [3.05, 3.63) is 35.4 Å². The highest BCUT2D eigenvalue weighted by molar-refractivity contribution is 7.80. The minimum atomic E-state index is -0.142. The third kappa shape index (κ3) is 8.70. The van der Waals surface area contributed by atoms with Crippen molar-refractivity contribution in [1.82, 2.24) is 10.6 Å². The summed E-state index contributed by atoms with van der Waals surface area (Å²) in [5, 5.41) is 6.24. The first-order chi connectivity index (χ1) is 11.2. The van der Waals surface area contributed by atoms with Crippen molar-refractivity contribution in [2.45, 2.75) is 65.2 Å². The van der Waals surface area contributed by atoms with Crippen LogP contribution in [0.15, 0.2) is 24.3 Å². The standard InChI is InChI=1S/C19H30N2OS/c1-3-5-7-9-15-20-19(23)21-18(22)17-13-11-16(12-14-17)10-8-6-4-2/h11-14H,3-10,15H2,1-2H3,(H2,20,21,22,23). The summed E-state index contributed by atoms with van der Waals surface area (Å²) in [6.45, 7) is 5.21. The number of unbranched alkanes of at least 4 members (excludes halogenated alkanes) is 5. The Bertz CT molecular complexity index is 471. The molecule has 23 heavy (non-hydrogen) atoms. The molecule has 1 aromatic carbocycles. The normalized spacial score (nSPS) is 10.3. The summed E-state index contributed by atoms with van der Waals surface area (Å²) in [5.41, 5.74) is 1.94. The molecule has 128 valence electrons. The van der Waals surface area contributed by atoms with Crippen LogP contribution in [0.5, 0.6) is 0 Å². The van der Waals surface area contributed by atoms with Gasteiger partial charge in [0.25, 0.3) is 5.91 Å². The van der Waals surface area contributed by atoms with E-state index in [0.29, 0.717) is 10.7 Å². The monoisotopic (exact) mass is 334 g/mol. The Hall–Kier alpha value is -1.42. The van der Waals surface area contributed by atoms with E-state index in [4.69, 9.17) is 12.2 Å². The molecule has 0 aliphatic rings. The maximum atomic E-state index is 12.1. The van der Waals surface area contributed by atoms with E-state index < -0.39 is 0 Å². The van der Waals surface area contributed by atoms with Crippen LogP contribution in [-0.2, 0) is 6.42 Å². The van der Waals surface area contributed by atoms with E-state index in [1.54, 1.807) is 0 Å². The van der Waals surface area contributed by atoms with Gasteiger partial charge in [-0.15, -0.1) is 0 Å². The lowest BCUT2D eigenvalue weighted by Crippen LogP contribution is -2.39. The molecule has 0 saturated carbocycles. The lowest BCUT2D eigenvalue weighted by Gasteiger charge is -2.10. The molecule has 0 fully saturated rings. The summed E-state index contributed by atoms with van der Waals surface area (Å²) in [4.78, 5) is 12.1. The molecule has 0 heterocycles. The topological polar surface area (TPSA) is 41.1 Å². The molecule has 0 aliphatic heterocycles. The maximum Gasteiger partial charge on any atom is 0.257 e. The van der Waals surface area contributed by atoms with Crippen LogP contribution in [0.2, 0.25) is 0 Å². The van der Waals surface area contributed by atoms with Gasteiger partial charge in [0.05, 0.1) is 0 Å². The van der Waals surface area contributed by atoms with Gasteiger partial charge in [-0.25, -0.2) is 0 Å². The number of nitrogens with one attached hydrogen (secondary N) is 2. The molecule has 0 saturated heterocycles. The Labute approximate surface area is 146 Å². The van der Waals surface area contributed by atoms with Gasteiger partial charge in [0, 0.05) is 12.1 Å². The quantitative estimate of drug-likeness (QED) is 0.485. The Morgan fingerprint density at radius 2 is 1.61 bits per heavy atom. The highest BCUT2D eigenvalue weighted by Gasteiger charge is 2.07. The van der Waals surface area contributed by atoms with Crippen molar-refractivity contribution in [2.75, 3.05) is 6.54 Å². The smallest absolute Gasteiger partial charge is 0.257 e. The van der Waals surface area contributed by atoms with Crippen molar-refractivity contribution in [1.29, 1.82) is 0 Å². The van der Waals surface area contributed by atoms with Crippen LogP contribution in [0.4, 0.5) is 0 Å². The highest BCUT2D eigenvalue weighted by Crippen LogP contribution is 2.09. The van der Waals surface area contributed by atoms with Gasteiger partial charge in [0.1, 0.15) is 0 Å². The summed E-state index contributed by atoms with van der Waals surface area (Å²) in [6, 6.07) is 7.82. The third-order valence-electron chi connectivity index (χ3n) is 3.83. The van der Waals surface area contributed by atoms with Gasteiger partial charge in [-0.2, -0.15) is 0 Å². The van der Waals surface area contributed by atoms with Crippen molar-refractivity contribution in [3.63, 3.8) is 0 Å². The molecule has 0 unspecified atom stereocenters. The van der Waals surface area contributed by atoms with Crippen LogP contribution in [-0.4, -0.2) is 17.6 Å². The number of carbonyl (C=O) groups is 1. The van der Waals surface area contributed by atoms with Gasteiger partial charge in [0.15, 0.2) is 5.11 Å². The van der Waals surface area contributed by atoms with Crippen LogP contribution in [0.1, 0.15) is 74.7 Å². The third-order valence-corrected chi connectivity index (χ3v) is 4.07. The molecule has 1 aromatic rings. The second-order valence-corrected chi connectivity index (χ2v) is 6.33. The number of aryl methyl sites for hydroxylation is 1. The average molecular weight is 335 g/mol. The molecule has 0 bridgehead atoms. The first-order valence-corrected chi connectivity index (χ1v) is 9.26. The van der Waals surface area contributed by atoms with E-state index in [2.05, 4.69) is 24.5 Å². The summed E-state index contributed by atoms with van der Waals surface area (Å²) >= 11 is 5.16. The number of rotatable bonds is 10. The number of amides is 1. The highest BCUT2D eigenvalue weighted by atomic mass is 32.1. The molecular weight excluding hydrogens is 304 g/mol. The van der Waals surface area contributed by atoms with Gasteiger partial charge in [-0.05, 0) is 49.2 Å². The summed E-state index contributed by atoms with van der Waals surface area (Å²) < 4.78 is 0. The number of thiocarbonyl (C=S) groups is 1. The fraction of sp³-hybridized carbons (Fsp3) is 0.579. The first-order valence-electron chi connectivity index (χ1n) is 8.85. The molecule has 1 amide bonds. The predicted octanol–water partition coefficient (Wildman–Crippen LogP) is 4.60. The van der Waals surface area contributed by atoms with E-state index in [0.717, 1.165) is 19.4 Å². The van der Waals surface area contributed by atoms with Crippen LogP contribution >= 0.6 is 12.2 Å². The molecule has 0 aromatic heterocycles. The van der Waals surface area contributed by atoms with Crippen LogP contribution in [0.3, 0.4) is 0 Å². The van der Waals surface area contributed by atoms with E-state index in [9.17, 15) is 4.79 Å². The van der Waals surface area contributed by atoms with Crippen molar-refractivity contribution < 1.29 is 4.79 Å². The number of hydrogen-bond acceptors (Lipinski definition) is 2. The molecule has 0 atom stereocenters. The zero-order valence-electron chi connectivity index (χ0n) is 14.5. The zero-order valence-corrected chi connectivity index (χ0v) is 15.3. The lowest BCUT2D eigenvalue weighted by molar-refractivity contribution is 0.0976. The molecule has 4 heteroatoms. The summed E-state index contributed by atoms with van der Waals surface area (Å²) in [7, 11) is 0. The van der Waals surface area contributed by atoms with Crippen LogP contribution in [0, 0.1) is 0 Å². The zero-order chi connectivity index (χ0) is 16.9. The first kappa shape index (κ1) is 19.6. The Balaban J connectivity index is 2.32. The van der Waals surface area contributed by atoms with E-state index in [1.165, 1.54) is 44.1 Å². The molecule has 0 spiro atoms. The van der Waals surface area contributed by atoms with Crippen LogP contribution in [0.25, 0.3) is 0 Å².